The van der Waals surface area contributed by atoms with E-state index >= 15 is 0 Å². The molecule has 2 rings (SSSR count). The standard InChI is InChI=1S/C13H14BrNO5/c1-19-11(13(17)18)5-15-12(16)9-6-20-10-3-2-7(14)4-8(9)10/h2-4,9,11H,5-6H2,1H3,(H,15,16)(H,17,18). The first-order valence-corrected chi connectivity index (χ1v) is 6.77. The van der Waals surface area contributed by atoms with Crippen molar-refractivity contribution in [2.75, 3.05) is 20.3 Å². The molecule has 2 atom stereocenters. The van der Waals surface area contributed by atoms with Crippen molar-refractivity contribution in [3.8, 4) is 5.75 Å². The molecule has 1 aromatic rings. The van der Waals surface area contributed by atoms with Gasteiger partial charge in [-0.1, -0.05) is 15.9 Å². The van der Waals surface area contributed by atoms with Crippen molar-refractivity contribution in [1.82, 2.24) is 5.32 Å². The van der Waals surface area contributed by atoms with Gasteiger partial charge in [-0.25, -0.2) is 4.79 Å². The Kier molecular flexibility index (Phi) is 4.61. The molecule has 1 aliphatic heterocycles. The fraction of sp³-hybridized carbons (Fsp3) is 0.385. The molecular weight excluding hydrogens is 330 g/mol. The summed E-state index contributed by atoms with van der Waals surface area (Å²) in [5.74, 6) is -1.15. The number of rotatable bonds is 5. The van der Waals surface area contributed by atoms with Crippen LogP contribution >= 0.6 is 15.9 Å². The molecule has 0 saturated heterocycles. The number of nitrogens with one attached hydrogen (secondary N) is 1. The lowest BCUT2D eigenvalue weighted by atomic mass is 10.0. The largest absolute Gasteiger partial charge is 0.492 e. The zero-order valence-electron chi connectivity index (χ0n) is 10.8. The number of methoxy groups -OCH3 is 1. The summed E-state index contributed by atoms with van der Waals surface area (Å²) >= 11 is 3.35. The Hall–Kier alpha value is -1.60. The van der Waals surface area contributed by atoms with Crippen LogP contribution in [0.2, 0.25) is 0 Å². The topological polar surface area (TPSA) is 84.9 Å². The molecule has 6 nitrogen and oxygen atoms in total. The summed E-state index contributed by atoms with van der Waals surface area (Å²) in [5, 5.41) is 11.4. The van der Waals surface area contributed by atoms with Crippen molar-refractivity contribution in [1.29, 1.82) is 0 Å². The maximum absolute atomic E-state index is 12.1. The lowest BCUT2D eigenvalue weighted by Crippen LogP contribution is -2.40. The molecule has 20 heavy (non-hydrogen) atoms. The number of ether oxygens (including phenoxy) is 2. The van der Waals surface area contributed by atoms with Gasteiger partial charge in [0.1, 0.15) is 18.3 Å². The van der Waals surface area contributed by atoms with Gasteiger partial charge < -0.3 is 19.9 Å². The molecule has 0 aromatic heterocycles. The highest BCUT2D eigenvalue weighted by atomic mass is 79.9. The number of carboxylic acids is 1. The minimum absolute atomic E-state index is 0.0789. The van der Waals surface area contributed by atoms with Crippen molar-refractivity contribution in [3.05, 3.63) is 28.2 Å². The second-order valence-electron chi connectivity index (χ2n) is 4.35. The zero-order valence-corrected chi connectivity index (χ0v) is 12.3. The van der Waals surface area contributed by atoms with Gasteiger partial charge in [0.05, 0.1) is 6.54 Å². The monoisotopic (exact) mass is 343 g/mol. The first kappa shape index (κ1) is 14.8. The van der Waals surface area contributed by atoms with Gasteiger partial charge in [-0.05, 0) is 18.2 Å². The smallest absolute Gasteiger partial charge is 0.334 e. The van der Waals surface area contributed by atoms with Gasteiger partial charge in [0.15, 0.2) is 6.10 Å². The van der Waals surface area contributed by atoms with Gasteiger partial charge in [0.25, 0.3) is 0 Å². The van der Waals surface area contributed by atoms with E-state index in [1.54, 1.807) is 6.07 Å². The number of carbonyl (C=O) groups excluding carboxylic acids is 1. The van der Waals surface area contributed by atoms with Crippen LogP contribution in [-0.2, 0) is 14.3 Å². The number of carbonyl (C=O) groups is 2. The normalized spacial score (nSPS) is 18.0. The van der Waals surface area contributed by atoms with E-state index in [0.717, 1.165) is 10.0 Å². The maximum Gasteiger partial charge on any atom is 0.334 e. The number of carboxylic acid groups (broad SMARTS) is 1. The van der Waals surface area contributed by atoms with Crippen molar-refractivity contribution in [2.24, 2.45) is 0 Å². The number of fused-ring (bicyclic) bond motifs is 1. The molecule has 0 radical (unpaired) electrons. The minimum atomic E-state index is -1.11. The van der Waals surface area contributed by atoms with Gasteiger partial charge in [0, 0.05) is 17.1 Å². The van der Waals surface area contributed by atoms with Crippen LogP contribution in [0.5, 0.6) is 5.75 Å². The van der Waals surface area contributed by atoms with Crippen LogP contribution in [-0.4, -0.2) is 43.3 Å². The predicted molar refractivity (Wildman–Crippen MR) is 73.8 cm³/mol. The number of benzene rings is 1. The summed E-state index contributed by atoms with van der Waals surface area (Å²) in [6.07, 6.45) is -1.05. The molecule has 0 bridgehead atoms. The quantitative estimate of drug-likeness (QED) is 0.837. The van der Waals surface area contributed by atoms with Crippen molar-refractivity contribution >= 4 is 27.8 Å². The maximum atomic E-state index is 12.1. The first-order valence-electron chi connectivity index (χ1n) is 5.98. The fourth-order valence-corrected chi connectivity index (χ4v) is 2.37. The molecule has 1 heterocycles. The van der Waals surface area contributed by atoms with E-state index < -0.39 is 18.0 Å². The van der Waals surface area contributed by atoms with E-state index in [-0.39, 0.29) is 19.1 Å². The molecule has 0 fully saturated rings. The molecule has 7 heteroatoms. The lowest BCUT2D eigenvalue weighted by molar-refractivity contribution is -0.148. The predicted octanol–water partition coefficient (Wildman–Crippen LogP) is 1.14. The van der Waals surface area contributed by atoms with Gasteiger partial charge in [0.2, 0.25) is 5.91 Å². The summed E-state index contributed by atoms with van der Waals surface area (Å²) in [6.45, 7) is 0.173. The van der Waals surface area contributed by atoms with Gasteiger partial charge in [-0.2, -0.15) is 0 Å². The first-order chi connectivity index (χ1) is 9.52. The van der Waals surface area contributed by atoms with Gasteiger partial charge in [-0.15, -0.1) is 0 Å². The molecular formula is C13H14BrNO5. The summed E-state index contributed by atoms with van der Waals surface area (Å²) in [6, 6.07) is 5.46. The van der Waals surface area contributed by atoms with Crippen molar-refractivity contribution < 1.29 is 24.2 Å². The molecule has 1 aliphatic rings. The van der Waals surface area contributed by atoms with Crippen LogP contribution in [0.25, 0.3) is 0 Å². The van der Waals surface area contributed by atoms with Crippen LogP contribution < -0.4 is 10.1 Å². The summed E-state index contributed by atoms with van der Waals surface area (Å²) in [5.41, 5.74) is 0.793. The van der Waals surface area contributed by atoms with Gasteiger partial charge in [-0.3, -0.25) is 4.79 Å². The molecule has 0 saturated carbocycles. The average Bonchev–Trinajstić information content (AvgIpc) is 2.81. The molecule has 0 aliphatic carbocycles. The molecule has 2 unspecified atom stereocenters. The van der Waals surface area contributed by atoms with Gasteiger partial charge >= 0.3 is 5.97 Å². The SMILES string of the molecule is COC(CNC(=O)C1COc2ccc(Br)cc21)C(=O)O. The van der Waals surface area contributed by atoms with Crippen molar-refractivity contribution in [2.45, 2.75) is 12.0 Å². The second kappa shape index (κ2) is 6.23. The Balaban J connectivity index is 2.02. The number of hydrogen-bond acceptors (Lipinski definition) is 4. The molecule has 0 spiro atoms. The highest BCUT2D eigenvalue weighted by molar-refractivity contribution is 9.10. The Morgan fingerprint density at radius 1 is 1.60 bits per heavy atom. The number of amides is 1. The number of aliphatic carboxylic acids is 1. The molecule has 108 valence electrons. The molecule has 1 amide bonds. The third-order valence-electron chi connectivity index (χ3n) is 3.09. The lowest BCUT2D eigenvalue weighted by Gasteiger charge is -2.14. The minimum Gasteiger partial charge on any atom is -0.492 e. The Labute approximate surface area is 124 Å². The van der Waals surface area contributed by atoms with Crippen LogP contribution in [0.15, 0.2) is 22.7 Å². The summed E-state index contributed by atoms with van der Waals surface area (Å²) < 4.78 is 11.1. The van der Waals surface area contributed by atoms with Crippen LogP contribution in [0.3, 0.4) is 0 Å². The van der Waals surface area contributed by atoms with E-state index in [2.05, 4.69) is 21.2 Å². The Morgan fingerprint density at radius 2 is 2.35 bits per heavy atom. The van der Waals surface area contributed by atoms with E-state index in [1.807, 2.05) is 12.1 Å². The summed E-state index contributed by atoms with van der Waals surface area (Å²) in [7, 11) is 1.29. The number of halogens is 1. The highest BCUT2D eigenvalue weighted by Crippen LogP contribution is 2.35. The third-order valence-corrected chi connectivity index (χ3v) is 3.58. The molecule has 1 aromatic carbocycles. The van der Waals surface area contributed by atoms with E-state index in [4.69, 9.17) is 14.6 Å². The third kappa shape index (κ3) is 3.10. The zero-order chi connectivity index (χ0) is 14.7. The second-order valence-corrected chi connectivity index (χ2v) is 5.27. The van der Waals surface area contributed by atoms with Crippen LogP contribution in [0.1, 0.15) is 11.5 Å². The van der Waals surface area contributed by atoms with E-state index in [9.17, 15) is 9.59 Å². The highest BCUT2D eigenvalue weighted by Gasteiger charge is 2.31. The summed E-state index contributed by atoms with van der Waals surface area (Å²) in [4.78, 5) is 22.9. The van der Waals surface area contributed by atoms with E-state index in [0.29, 0.717) is 5.75 Å². The fourth-order valence-electron chi connectivity index (χ4n) is 1.99. The number of hydrogen-bond donors (Lipinski definition) is 2. The van der Waals surface area contributed by atoms with Crippen LogP contribution in [0.4, 0.5) is 0 Å². The van der Waals surface area contributed by atoms with Crippen LogP contribution in [0, 0.1) is 0 Å². The Morgan fingerprint density at radius 3 is 3.00 bits per heavy atom. The van der Waals surface area contributed by atoms with E-state index in [1.165, 1.54) is 7.11 Å². The Bertz CT molecular complexity index is 533. The van der Waals surface area contributed by atoms with Crippen molar-refractivity contribution in [3.63, 3.8) is 0 Å². The average molecular weight is 344 g/mol. The molecule has 2 N–H and O–H groups in total.